The first-order valence-electron chi connectivity index (χ1n) is 4.86. The Labute approximate surface area is 92.6 Å². The van der Waals surface area contributed by atoms with Crippen LogP contribution in [-0.2, 0) is 0 Å². The maximum absolute atomic E-state index is 13.8. The van der Waals surface area contributed by atoms with Gasteiger partial charge in [-0.25, -0.2) is 4.39 Å². The highest BCUT2D eigenvalue weighted by Crippen LogP contribution is 2.30. The van der Waals surface area contributed by atoms with Gasteiger partial charge in [0.05, 0.1) is 0 Å². The molecular weight excluding hydrogens is 207 g/mol. The Morgan fingerprint density at radius 3 is 2.25 bits per heavy atom. The average Bonchev–Trinajstić information content (AvgIpc) is 2.20. The Morgan fingerprint density at radius 1 is 1.00 bits per heavy atom. The summed E-state index contributed by atoms with van der Waals surface area (Å²) in [4.78, 5) is 0. The van der Waals surface area contributed by atoms with Gasteiger partial charge < -0.3 is 10.2 Å². The summed E-state index contributed by atoms with van der Waals surface area (Å²) in [5.41, 5.74) is 1.35. The number of benzene rings is 2. The van der Waals surface area contributed by atoms with Crippen LogP contribution < -0.4 is 0 Å². The molecule has 0 spiro atoms. The van der Waals surface area contributed by atoms with E-state index >= 15 is 0 Å². The second-order valence-electron chi connectivity index (χ2n) is 3.67. The van der Waals surface area contributed by atoms with Crippen molar-refractivity contribution < 1.29 is 14.6 Å². The third-order valence-corrected chi connectivity index (χ3v) is 2.41. The van der Waals surface area contributed by atoms with Gasteiger partial charge in [-0.15, -0.1) is 0 Å². The highest BCUT2D eigenvalue weighted by molar-refractivity contribution is 5.68. The lowest BCUT2D eigenvalue weighted by atomic mass is 10.0. The van der Waals surface area contributed by atoms with Gasteiger partial charge in [-0.3, -0.25) is 0 Å². The standard InChI is InChI=1S/C13H11FO2/c1-8-3-2-4-12(13(8)14)9-5-10(15)7-11(16)6-9/h2-7,15-16H,1H3. The van der Waals surface area contributed by atoms with E-state index in [1.54, 1.807) is 25.1 Å². The molecule has 0 saturated heterocycles. The van der Waals surface area contributed by atoms with Crippen molar-refractivity contribution >= 4 is 0 Å². The molecule has 0 bridgehead atoms. The van der Waals surface area contributed by atoms with Crippen molar-refractivity contribution in [2.45, 2.75) is 6.92 Å². The smallest absolute Gasteiger partial charge is 0.133 e. The Bertz CT molecular complexity index is 515. The largest absolute Gasteiger partial charge is 0.508 e. The summed E-state index contributed by atoms with van der Waals surface area (Å²) >= 11 is 0. The Morgan fingerprint density at radius 2 is 1.62 bits per heavy atom. The number of halogens is 1. The van der Waals surface area contributed by atoms with Crippen LogP contribution in [0.5, 0.6) is 11.5 Å². The van der Waals surface area contributed by atoms with Crippen LogP contribution in [0.1, 0.15) is 5.56 Å². The van der Waals surface area contributed by atoms with Gasteiger partial charge in [-0.2, -0.15) is 0 Å². The minimum Gasteiger partial charge on any atom is -0.508 e. The minimum absolute atomic E-state index is 0.0871. The summed E-state index contributed by atoms with van der Waals surface area (Å²) in [6, 6.07) is 9.04. The van der Waals surface area contributed by atoms with Crippen molar-refractivity contribution in [3.63, 3.8) is 0 Å². The van der Waals surface area contributed by atoms with Gasteiger partial charge in [0.25, 0.3) is 0 Å². The molecule has 2 N–H and O–H groups in total. The number of aromatic hydroxyl groups is 2. The fraction of sp³-hybridized carbons (Fsp3) is 0.0769. The molecule has 0 amide bonds. The quantitative estimate of drug-likeness (QED) is 0.771. The van der Waals surface area contributed by atoms with Crippen molar-refractivity contribution in [3.8, 4) is 22.6 Å². The van der Waals surface area contributed by atoms with Gasteiger partial charge in [0.15, 0.2) is 0 Å². The van der Waals surface area contributed by atoms with Gasteiger partial charge in [0.2, 0.25) is 0 Å². The zero-order chi connectivity index (χ0) is 11.7. The molecule has 0 atom stereocenters. The van der Waals surface area contributed by atoms with Crippen molar-refractivity contribution in [3.05, 3.63) is 47.8 Å². The highest BCUT2D eigenvalue weighted by Gasteiger charge is 2.08. The molecule has 3 heteroatoms. The van der Waals surface area contributed by atoms with E-state index in [1.807, 2.05) is 0 Å². The van der Waals surface area contributed by atoms with Crippen molar-refractivity contribution in [2.75, 3.05) is 0 Å². The summed E-state index contributed by atoms with van der Waals surface area (Å²) in [7, 11) is 0. The molecule has 2 nitrogen and oxygen atoms in total. The molecule has 0 radical (unpaired) electrons. The lowest BCUT2D eigenvalue weighted by Gasteiger charge is -2.06. The molecule has 0 unspecified atom stereocenters. The summed E-state index contributed by atoms with van der Waals surface area (Å²) in [6.07, 6.45) is 0. The van der Waals surface area contributed by atoms with Crippen LogP contribution in [0, 0.1) is 12.7 Å². The van der Waals surface area contributed by atoms with E-state index in [0.717, 1.165) is 0 Å². The number of aryl methyl sites for hydroxylation is 1. The zero-order valence-electron chi connectivity index (χ0n) is 8.74. The normalized spacial score (nSPS) is 10.4. The molecule has 2 rings (SSSR count). The van der Waals surface area contributed by atoms with Crippen LogP contribution in [0.4, 0.5) is 4.39 Å². The maximum Gasteiger partial charge on any atom is 0.133 e. The van der Waals surface area contributed by atoms with Gasteiger partial charge in [0, 0.05) is 11.6 Å². The Balaban J connectivity index is 2.63. The van der Waals surface area contributed by atoms with Crippen LogP contribution in [0.2, 0.25) is 0 Å². The molecule has 0 fully saturated rings. The van der Waals surface area contributed by atoms with Gasteiger partial charge in [0.1, 0.15) is 17.3 Å². The first kappa shape index (κ1) is 10.5. The molecule has 2 aromatic rings. The van der Waals surface area contributed by atoms with E-state index in [2.05, 4.69) is 0 Å². The maximum atomic E-state index is 13.8. The average molecular weight is 218 g/mol. The molecule has 2 aromatic carbocycles. The van der Waals surface area contributed by atoms with Crippen LogP contribution in [0.3, 0.4) is 0 Å². The third kappa shape index (κ3) is 1.84. The van der Waals surface area contributed by atoms with E-state index in [0.29, 0.717) is 16.7 Å². The first-order valence-corrected chi connectivity index (χ1v) is 4.86. The topological polar surface area (TPSA) is 40.5 Å². The highest BCUT2D eigenvalue weighted by atomic mass is 19.1. The minimum atomic E-state index is -0.340. The third-order valence-electron chi connectivity index (χ3n) is 2.41. The molecule has 82 valence electrons. The van der Waals surface area contributed by atoms with E-state index in [4.69, 9.17) is 0 Å². The fourth-order valence-corrected chi connectivity index (χ4v) is 1.62. The Hall–Kier alpha value is -2.03. The molecule has 0 aliphatic heterocycles. The number of phenols is 2. The number of phenolic OH excluding ortho intramolecular Hbond substituents is 2. The fourth-order valence-electron chi connectivity index (χ4n) is 1.62. The molecule has 16 heavy (non-hydrogen) atoms. The summed E-state index contributed by atoms with van der Waals surface area (Å²) in [5.74, 6) is -0.515. The molecular formula is C13H11FO2. The molecule has 0 saturated carbocycles. The monoisotopic (exact) mass is 218 g/mol. The lowest BCUT2D eigenvalue weighted by Crippen LogP contribution is -1.87. The molecule has 0 aliphatic carbocycles. The number of hydrogen-bond acceptors (Lipinski definition) is 2. The predicted molar refractivity (Wildman–Crippen MR) is 59.9 cm³/mol. The zero-order valence-corrected chi connectivity index (χ0v) is 8.74. The second kappa shape index (κ2) is 3.85. The molecule has 0 heterocycles. The summed E-state index contributed by atoms with van der Waals surface area (Å²) in [6.45, 7) is 1.67. The van der Waals surface area contributed by atoms with Crippen molar-refractivity contribution in [1.82, 2.24) is 0 Å². The van der Waals surface area contributed by atoms with Crippen molar-refractivity contribution in [1.29, 1.82) is 0 Å². The first-order chi connectivity index (χ1) is 7.58. The van der Waals surface area contributed by atoms with E-state index in [-0.39, 0.29) is 17.3 Å². The number of hydrogen-bond donors (Lipinski definition) is 2. The van der Waals surface area contributed by atoms with Crippen LogP contribution in [0.25, 0.3) is 11.1 Å². The summed E-state index contributed by atoms with van der Waals surface area (Å²) < 4.78 is 13.8. The summed E-state index contributed by atoms with van der Waals surface area (Å²) in [5, 5.41) is 18.7. The van der Waals surface area contributed by atoms with Crippen LogP contribution in [0.15, 0.2) is 36.4 Å². The van der Waals surface area contributed by atoms with E-state index in [9.17, 15) is 14.6 Å². The SMILES string of the molecule is Cc1cccc(-c2cc(O)cc(O)c2)c1F. The molecule has 0 aliphatic rings. The van der Waals surface area contributed by atoms with Crippen molar-refractivity contribution in [2.24, 2.45) is 0 Å². The predicted octanol–water partition coefficient (Wildman–Crippen LogP) is 3.21. The molecule has 0 aromatic heterocycles. The van der Waals surface area contributed by atoms with Gasteiger partial charge in [-0.1, -0.05) is 18.2 Å². The second-order valence-corrected chi connectivity index (χ2v) is 3.67. The van der Waals surface area contributed by atoms with Gasteiger partial charge >= 0.3 is 0 Å². The lowest BCUT2D eigenvalue weighted by molar-refractivity contribution is 0.451. The van der Waals surface area contributed by atoms with Crippen LogP contribution >= 0.6 is 0 Å². The van der Waals surface area contributed by atoms with E-state index < -0.39 is 0 Å². The van der Waals surface area contributed by atoms with Gasteiger partial charge in [-0.05, 0) is 30.2 Å². The van der Waals surface area contributed by atoms with E-state index in [1.165, 1.54) is 18.2 Å². The Kier molecular flexibility index (Phi) is 2.52. The number of rotatable bonds is 1. The van der Waals surface area contributed by atoms with Crippen LogP contribution in [-0.4, -0.2) is 10.2 Å².